The van der Waals surface area contributed by atoms with E-state index in [-0.39, 0.29) is 12.2 Å². The van der Waals surface area contributed by atoms with Crippen LogP contribution in [0.4, 0.5) is 0 Å². The molecule has 0 spiro atoms. The standard InChI is InChI=1S/C26H22N2O4S2/c1-4-32-25(30)22-15(2)27-26-28(24(29)21(34-26)14-16-8-7-13-33-16)23(22)19-11-12-20(31-3)18-10-6-5-9-17(18)19/h5-14,23H,4H2,1-3H3/b21-14-. The SMILES string of the molecule is CCOC(=O)C1=C(C)N=c2s/c(=C\c3cccs3)c(=O)n2C1c1ccc(OC)c2ccccc12. The van der Waals surface area contributed by atoms with Crippen LogP contribution in [0, 0.1) is 0 Å². The van der Waals surface area contributed by atoms with E-state index < -0.39 is 12.0 Å². The summed E-state index contributed by atoms with van der Waals surface area (Å²) in [5.41, 5.74) is 1.55. The van der Waals surface area contributed by atoms with Crippen molar-refractivity contribution in [2.24, 2.45) is 4.99 Å². The summed E-state index contributed by atoms with van der Waals surface area (Å²) in [7, 11) is 1.63. The van der Waals surface area contributed by atoms with Gasteiger partial charge in [0.2, 0.25) is 0 Å². The fraction of sp³-hybridized carbons (Fsp3) is 0.192. The molecule has 0 bridgehead atoms. The number of ether oxygens (including phenoxy) is 2. The number of methoxy groups -OCH3 is 1. The maximum absolute atomic E-state index is 13.7. The molecule has 2 aromatic carbocycles. The van der Waals surface area contributed by atoms with Gasteiger partial charge in [-0.15, -0.1) is 11.3 Å². The highest BCUT2D eigenvalue weighted by atomic mass is 32.1. The van der Waals surface area contributed by atoms with Gasteiger partial charge < -0.3 is 9.47 Å². The Morgan fingerprint density at radius 3 is 2.65 bits per heavy atom. The molecule has 2 aromatic heterocycles. The summed E-state index contributed by atoms with van der Waals surface area (Å²) in [6.07, 6.45) is 1.88. The van der Waals surface area contributed by atoms with Crippen LogP contribution in [0.1, 0.15) is 30.3 Å². The number of fused-ring (bicyclic) bond motifs is 2. The van der Waals surface area contributed by atoms with E-state index in [1.165, 1.54) is 11.3 Å². The molecular formula is C26H22N2O4S2. The second-order valence-electron chi connectivity index (χ2n) is 7.72. The van der Waals surface area contributed by atoms with Crippen LogP contribution in [0.2, 0.25) is 0 Å². The summed E-state index contributed by atoms with van der Waals surface area (Å²) in [5.74, 6) is 0.254. The van der Waals surface area contributed by atoms with Crippen LogP contribution in [0.25, 0.3) is 16.8 Å². The number of carbonyl (C=O) groups excluding carboxylic acids is 1. The summed E-state index contributed by atoms with van der Waals surface area (Å²) >= 11 is 2.89. The molecule has 3 heterocycles. The van der Waals surface area contributed by atoms with Crippen molar-refractivity contribution in [1.82, 2.24) is 4.57 Å². The zero-order valence-corrected chi connectivity index (χ0v) is 20.5. The number of thiazole rings is 1. The molecule has 6 nitrogen and oxygen atoms in total. The van der Waals surface area contributed by atoms with E-state index in [4.69, 9.17) is 9.47 Å². The van der Waals surface area contributed by atoms with Crippen molar-refractivity contribution < 1.29 is 14.3 Å². The highest BCUT2D eigenvalue weighted by Gasteiger charge is 2.34. The smallest absolute Gasteiger partial charge is 0.338 e. The van der Waals surface area contributed by atoms with Crippen molar-refractivity contribution in [3.05, 3.63) is 95.3 Å². The number of carbonyl (C=O) groups is 1. The number of rotatable bonds is 5. The Balaban J connectivity index is 1.83. The van der Waals surface area contributed by atoms with E-state index in [1.807, 2.05) is 60.0 Å². The minimum absolute atomic E-state index is 0.184. The molecule has 5 rings (SSSR count). The van der Waals surface area contributed by atoms with E-state index in [9.17, 15) is 9.59 Å². The average molecular weight is 491 g/mol. The summed E-state index contributed by atoms with van der Waals surface area (Å²) in [6, 6.07) is 14.9. The number of aromatic nitrogens is 1. The molecule has 34 heavy (non-hydrogen) atoms. The highest BCUT2D eigenvalue weighted by Crippen LogP contribution is 2.37. The number of nitrogens with zero attached hydrogens (tertiary/aromatic N) is 2. The van der Waals surface area contributed by atoms with E-state index in [1.54, 1.807) is 36.9 Å². The predicted octanol–water partition coefficient (Wildman–Crippen LogP) is 4.02. The van der Waals surface area contributed by atoms with Gasteiger partial charge in [-0.25, -0.2) is 9.79 Å². The van der Waals surface area contributed by atoms with E-state index in [0.717, 1.165) is 27.0 Å². The molecule has 0 saturated carbocycles. The second kappa shape index (κ2) is 9.04. The minimum Gasteiger partial charge on any atom is -0.496 e. The van der Waals surface area contributed by atoms with Crippen LogP contribution in [0.3, 0.4) is 0 Å². The van der Waals surface area contributed by atoms with Crippen LogP contribution in [0.5, 0.6) is 5.75 Å². The first-order valence-corrected chi connectivity index (χ1v) is 12.5. The first kappa shape index (κ1) is 22.3. The van der Waals surface area contributed by atoms with Gasteiger partial charge in [0, 0.05) is 10.3 Å². The minimum atomic E-state index is -0.670. The number of hydrogen-bond donors (Lipinski definition) is 0. The third-order valence-electron chi connectivity index (χ3n) is 5.77. The first-order chi connectivity index (χ1) is 16.5. The third-order valence-corrected chi connectivity index (χ3v) is 7.57. The maximum atomic E-state index is 13.7. The normalized spacial score (nSPS) is 15.9. The fourth-order valence-corrected chi connectivity index (χ4v) is 6.07. The monoisotopic (exact) mass is 490 g/mol. The zero-order valence-electron chi connectivity index (χ0n) is 18.9. The molecule has 0 N–H and O–H groups in total. The predicted molar refractivity (Wildman–Crippen MR) is 135 cm³/mol. The Hall–Kier alpha value is -3.49. The molecular weight excluding hydrogens is 468 g/mol. The van der Waals surface area contributed by atoms with E-state index in [2.05, 4.69) is 4.99 Å². The van der Waals surface area contributed by atoms with Gasteiger partial charge in [0.1, 0.15) is 5.75 Å². The van der Waals surface area contributed by atoms with Crippen molar-refractivity contribution >= 4 is 45.5 Å². The average Bonchev–Trinajstić information content (AvgIpc) is 3.45. The molecule has 0 saturated heterocycles. The molecule has 1 aliphatic rings. The van der Waals surface area contributed by atoms with Crippen molar-refractivity contribution in [2.45, 2.75) is 19.9 Å². The van der Waals surface area contributed by atoms with Crippen molar-refractivity contribution in [3.8, 4) is 5.75 Å². The molecule has 1 unspecified atom stereocenters. The molecule has 1 aliphatic heterocycles. The van der Waals surface area contributed by atoms with Gasteiger partial charge in [-0.1, -0.05) is 47.7 Å². The zero-order chi connectivity index (χ0) is 23.8. The molecule has 0 radical (unpaired) electrons. The fourth-order valence-electron chi connectivity index (χ4n) is 4.30. The van der Waals surface area contributed by atoms with Gasteiger partial charge in [0.15, 0.2) is 4.80 Å². The van der Waals surface area contributed by atoms with Crippen LogP contribution in [-0.4, -0.2) is 24.3 Å². The summed E-state index contributed by atoms with van der Waals surface area (Å²) < 4.78 is 13.2. The Morgan fingerprint density at radius 1 is 1.15 bits per heavy atom. The quantitative estimate of drug-likeness (QED) is 0.396. The van der Waals surface area contributed by atoms with Crippen LogP contribution < -0.4 is 19.6 Å². The van der Waals surface area contributed by atoms with E-state index >= 15 is 0 Å². The van der Waals surface area contributed by atoms with Gasteiger partial charge in [-0.05, 0) is 48.4 Å². The third kappa shape index (κ3) is 3.69. The lowest BCUT2D eigenvalue weighted by molar-refractivity contribution is -0.139. The summed E-state index contributed by atoms with van der Waals surface area (Å²) in [6.45, 7) is 3.79. The Bertz CT molecular complexity index is 1610. The number of allylic oxidation sites excluding steroid dienone is 1. The summed E-state index contributed by atoms with van der Waals surface area (Å²) in [5, 5.41) is 3.77. The highest BCUT2D eigenvalue weighted by molar-refractivity contribution is 7.11. The van der Waals surface area contributed by atoms with Gasteiger partial charge in [0.25, 0.3) is 5.56 Å². The Morgan fingerprint density at radius 2 is 1.94 bits per heavy atom. The molecule has 172 valence electrons. The van der Waals surface area contributed by atoms with Gasteiger partial charge >= 0.3 is 5.97 Å². The molecule has 0 fully saturated rings. The van der Waals surface area contributed by atoms with Crippen LogP contribution in [-0.2, 0) is 9.53 Å². The summed E-state index contributed by atoms with van der Waals surface area (Å²) in [4.78, 5) is 33.0. The maximum Gasteiger partial charge on any atom is 0.338 e. The molecule has 4 aromatic rings. The number of benzene rings is 2. The lowest BCUT2D eigenvalue weighted by atomic mass is 9.91. The van der Waals surface area contributed by atoms with E-state index in [0.29, 0.717) is 20.6 Å². The second-order valence-corrected chi connectivity index (χ2v) is 9.71. The number of thiophene rings is 1. The lowest BCUT2D eigenvalue weighted by Crippen LogP contribution is -2.40. The van der Waals surface area contributed by atoms with Gasteiger partial charge in [-0.2, -0.15) is 0 Å². The van der Waals surface area contributed by atoms with Crippen LogP contribution >= 0.6 is 22.7 Å². The Labute approximate surface area is 203 Å². The lowest BCUT2D eigenvalue weighted by Gasteiger charge is -2.26. The molecule has 1 atom stereocenters. The topological polar surface area (TPSA) is 69.9 Å². The van der Waals surface area contributed by atoms with Crippen LogP contribution in [0.15, 0.2) is 75.0 Å². The van der Waals surface area contributed by atoms with Crippen molar-refractivity contribution in [2.75, 3.05) is 13.7 Å². The van der Waals surface area contributed by atoms with Crippen molar-refractivity contribution in [3.63, 3.8) is 0 Å². The molecule has 8 heteroatoms. The number of esters is 1. The molecule has 0 aliphatic carbocycles. The first-order valence-electron chi connectivity index (χ1n) is 10.8. The Kier molecular flexibility index (Phi) is 5.93. The van der Waals surface area contributed by atoms with Crippen molar-refractivity contribution in [1.29, 1.82) is 0 Å². The largest absolute Gasteiger partial charge is 0.496 e. The molecule has 0 amide bonds. The van der Waals surface area contributed by atoms with Gasteiger partial charge in [0.05, 0.1) is 35.6 Å². The number of hydrogen-bond acceptors (Lipinski definition) is 7. The van der Waals surface area contributed by atoms with Gasteiger partial charge in [-0.3, -0.25) is 9.36 Å².